The van der Waals surface area contributed by atoms with Gasteiger partial charge in [-0.3, -0.25) is 14.1 Å². The molecule has 1 aliphatic heterocycles. The lowest BCUT2D eigenvalue weighted by atomic mass is 10.1. The third-order valence-electron chi connectivity index (χ3n) is 5.80. The van der Waals surface area contributed by atoms with Gasteiger partial charge < -0.3 is 35.5 Å². The van der Waals surface area contributed by atoms with Crippen LogP contribution in [0.3, 0.4) is 0 Å². The predicted molar refractivity (Wildman–Crippen MR) is 134 cm³/mol. The van der Waals surface area contributed by atoms with Gasteiger partial charge in [-0.25, -0.2) is 9.55 Å². The quantitative estimate of drug-likeness (QED) is 0.186. The first-order chi connectivity index (χ1) is 16.9. The number of furan rings is 1. The highest BCUT2D eigenvalue weighted by molar-refractivity contribution is 7.46. The van der Waals surface area contributed by atoms with Crippen LogP contribution in [0.4, 0.5) is 17.2 Å². The summed E-state index contributed by atoms with van der Waals surface area (Å²) in [6, 6.07) is 7.13. The zero-order chi connectivity index (χ0) is 26.3. The van der Waals surface area contributed by atoms with E-state index in [9.17, 15) is 14.2 Å². The molecule has 4 rings (SSSR count). The first-order valence-corrected chi connectivity index (χ1v) is 12.4. The minimum Gasteiger partial charge on any atom is -0.459 e. The summed E-state index contributed by atoms with van der Waals surface area (Å²) in [5.74, 6) is -0.162. The van der Waals surface area contributed by atoms with Crippen LogP contribution in [0.2, 0.25) is 0 Å². The SMILES string of the molecule is Cc1oc2c(N)cccc2c1CN(C)C(=O)/C=C/c1cnc2c(c1)NC[C@@](C)(OP(=O)(O)O)C(=O)N2. The molecule has 0 unspecified atom stereocenters. The van der Waals surface area contributed by atoms with Crippen LogP contribution in [0.5, 0.6) is 0 Å². The van der Waals surface area contributed by atoms with Gasteiger partial charge >= 0.3 is 7.82 Å². The number of nitrogens with zero attached hydrogens (tertiary/aromatic N) is 2. The van der Waals surface area contributed by atoms with E-state index in [0.717, 1.165) is 10.9 Å². The monoisotopic (exact) mass is 515 g/mol. The number of aromatic nitrogens is 1. The highest BCUT2D eigenvalue weighted by Gasteiger charge is 2.42. The number of nitrogens with two attached hydrogens (primary N) is 1. The fourth-order valence-corrected chi connectivity index (χ4v) is 4.52. The number of hydrogen-bond acceptors (Lipinski definition) is 8. The van der Waals surface area contributed by atoms with Gasteiger partial charge in [-0.05, 0) is 37.6 Å². The number of pyridine rings is 1. The molecule has 3 heterocycles. The number of aryl methyl sites for hydroxylation is 1. The lowest BCUT2D eigenvalue weighted by Gasteiger charge is -2.26. The smallest absolute Gasteiger partial charge is 0.459 e. The number of amides is 2. The van der Waals surface area contributed by atoms with Gasteiger partial charge in [-0.15, -0.1) is 0 Å². The Morgan fingerprint density at radius 1 is 1.42 bits per heavy atom. The molecule has 1 atom stereocenters. The molecule has 190 valence electrons. The Hall–Kier alpha value is -3.70. The molecule has 3 aromatic rings. The zero-order valence-corrected chi connectivity index (χ0v) is 20.7. The van der Waals surface area contributed by atoms with Crippen LogP contribution in [0.1, 0.15) is 23.8 Å². The number of phosphoric acid groups is 1. The summed E-state index contributed by atoms with van der Waals surface area (Å²) in [6.07, 6.45) is 4.42. The topological polar surface area (TPSA) is 180 Å². The number of anilines is 3. The van der Waals surface area contributed by atoms with Gasteiger partial charge in [0.05, 0.1) is 17.9 Å². The van der Waals surface area contributed by atoms with Crippen LogP contribution in [0.25, 0.3) is 17.0 Å². The number of para-hydroxylation sites is 1. The van der Waals surface area contributed by atoms with Crippen molar-refractivity contribution >= 4 is 53.9 Å². The molecule has 0 aliphatic carbocycles. The molecule has 0 spiro atoms. The second-order valence-corrected chi connectivity index (χ2v) is 9.84. The molecule has 0 bridgehead atoms. The van der Waals surface area contributed by atoms with E-state index in [2.05, 4.69) is 15.6 Å². The first kappa shape index (κ1) is 25.4. The van der Waals surface area contributed by atoms with Crippen molar-refractivity contribution in [3.05, 3.63) is 53.4 Å². The van der Waals surface area contributed by atoms with Crippen molar-refractivity contribution in [3.63, 3.8) is 0 Å². The number of fused-ring (bicyclic) bond motifs is 2. The number of phosphoric ester groups is 1. The second kappa shape index (κ2) is 9.40. The normalized spacial score (nSPS) is 18.0. The number of rotatable bonds is 6. The van der Waals surface area contributed by atoms with Gasteiger partial charge in [-0.1, -0.05) is 12.1 Å². The molecular formula is C23H26N5O7P. The van der Waals surface area contributed by atoms with E-state index in [1.54, 1.807) is 25.3 Å². The molecule has 0 radical (unpaired) electrons. The van der Waals surface area contributed by atoms with E-state index in [-0.39, 0.29) is 18.3 Å². The Bertz CT molecular complexity index is 1430. The van der Waals surface area contributed by atoms with E-state index >= 15 is 0 Å². The van der Waals surface area contributed by atoms with Crippen molar-refractivity contribution in [3.8, 4) is 0 Å². The van der Waals surface area contributed by atoms with E-state index in [1.807, 2.05) is 19.1 Å². The second-order valence-electron chi connectivity index (χ2n) is 8.67. The van der Waals surface area contributed by atoms with Crippen molar-refractivity contribution < 1.29 is 32.9 Å². The summed E-state index contributed by atoms with van der Waals surface area (Å²) in [6.45, 7) is 3.19. The molecule has 0 saturated heterocycles. The molecule has 0 saturated carbocycles. The third-order valence-corrected chi connectivity index (χ3v) is 6.44. The fourth-order valence-electron chi connectivity index (χ4n) is 3.84. The van der Waals surface area contributed by atoms with Crippen molar-refractivity contribution in [1.29, 1.82) is 0 Å². The summed E-state index contributed by atoms with van der Waals surface area (Å²) >= 11 is 0. The zero-order valence-electron chi connectivity index (χ0n) is 19.8. The highest BCUT2D eigenvalue weighted by atomic mass is 31.2. The molecule has 12 nitrogen and oxygen atoms in total. The Labute approximate surface area is 206 Å². The van der Waals surface area contributed by atoms with Gasteiger partial charge in [0.2, 0.25) is 5.91 Å². The number of carbonyl (C=O) groups excluding carboxylic acids is 2. The summed E-state index contributed by atoms with van der Waals surface area (Å²) in [5.41, 5.74) is 7.13. The molecule has 6 N–H and O–H groups in total. The minimum absolute atomic E-state index is 0.167. The maximum absolute atomic E-state index is 12.8. The largest absolute Gasteiger partial charge is 0.470 e. The van der Waals surface area contributed by atoms with E-state index < -0.39 is 19.3 Å². The summed E-state index contributed by atoms with van der Waals surface area (Å²) < 4.78 is 21.8. The van der Waals surface area contributed by atoms with Crippen molar-refractivity contribution in [2.75, 3.05) is 30.0 Å². The molecule has 1 aromatic carbocycles. The van der Waals surface area contributed by atoms with E-state index in [1.165, 1.54) is 24.1 Å². The maximum Gasteiger partial charge on any atom is 0.470 e. The number of nitrogen functional groups attached to an aromatic ring is 1. The number of benzene rings is 1. The van der Waals surface area contributed by atoms with Crippen LogP contribution >= 0.6 is 7.82 Å². The molecule has 36 heavy (non-hydrogen) atoms. The average molecular weight is 515 g/mol. The Kier molecular flexibility index (Phi) is 6.63. The van der Waals surface area contributed by atoms with Crippen LogP contribution in [0, 0.1) is 6.92 Å². The molecule has 1 aliphatic rings. The van der Waals surface area contributed by atoms with Crippen molar-refractivity contribution in [1.82, 2.24) is 9.88 Å². The molecule has 2 amide bonds. The lowest BCUT2D eigenvalue weighted by molar-refractivity contribution is -0.130. The third kappa shape index (κ3) is 5.26. The van der Waals surface area contributed by atoms with Gasteiger partial charge in [0, 0.05) is 36.8 Å². The average Bonchev–Trinajstić information content (AvgIpc) is 3.06. The van der Waals surface area contributed by atoms with Crippen molar-refractivity contribution in [2.24, 2.45) is 0 Å². The van der Waals surface area contributed by atoms with Crippen LogP contribution in [0.15, 0.2) is 41.0 Å². The number of nitrogens with one attached hydrogen (secondary N) is 2. The van der Waals surface area contributed by atoms with Gasteiger partial charge in [0.25, 0.3) is 5.91 Å². The number of likely N-dealkylation sites (N-methyl/N-ethyl adjacent to an activating group) is 1. The Morgan fingerprint density at radius 3 is 2.89 bits per heavy atom. The maximum atomic E-state index is 12.8. The van der Waals surface area contributed by atoms with Gasteiger partial charge in [0.1, 0.15) is 5.76 Å². The lowest BCUT2D eigenvalue weighted by Crippen LogP contribution is -2.46. The standard InChI is InChI=1S/C23H26N5O7P/c1-13-16(15-5-4-6-17(24)20(15)34-13)11-28(3)19(29)8-7-14-9-18-21(25-10-14)27-22(30)23(2,12-26-18)35-36(31,32)33/h4-10,26H,11-12,24H2,1-3H3,(H,25,27,30)(H2,31,32,33)/b8-7+/t23-/m1/s1. The summed E-state index contributed by atoms with van der Waals surface area (Å²) in [4.78, 5) is 49.2. The van der Waals surface area contributed by atoms with Gasteiger partial charge in [-0.2, -0.15) is 0 Å². The fraction of sp³-hybridized carbons (Fsp3) is 0.261. The minimum atomic E-state index is -4.92. The van der Waals surface area contributed by atoms with E-state index in [0.29, 0.717) is 34.8 Å². The van der Waals surface area contributed by atoms with E-state index in [4.69, 9.17) is 24.5 Å². The summed E-state index contributed by atoms with van der Waals surface area (Å²) in [7, 11) is -3.25. The number of hydrogen-bond donors (Lipinski definition) is 5. The van der Waals surface area contributed by atoms with Crippen LogP contribution in [-0.2, 0) is 25.2 Å². The highest BCUT2D eigenvalue weighted by Crippen LogP contribution is 2.42. The predicted octanol–water partition coefficient (Wildman–Crippen LogP) is 2.62. The molecular weight excluding hydrogens is 489 g/mol. The summed E-state index contributed by atoms with van der Waals surface area (Å²) in [5, 5.41) is 6.26. The molecule has 13 heteroatoms. The molecule has 0 fully saturated rings. The van der Waals surface area contributed by atoms with Crippen LogP contribution in [-0.4, -0.2) is 50.7 Å². The number of carbonyl (C=O) groups is 2. The first-order valence-electron chi connectivity index (χ1n) is 10.9. The van der Waals surface area contributed by atoms with Crippen molar-refractivity contribution in [2.45, 2.75) is 26.0 Å². The Balaban J connectivity index is 1.47. The Morgan fingerprint density at radius 2 is 2.17 bits per heavy atom. The van der Waals surface area contributed by atoms with Gasteiger partial charge in [0.15, 0.2) is 17.0 Å². The van der Waals surface area contributed by atoms with Crippen LogP contribution < -0.4 is 16.4 Å². The molecule has 2 aromatic heterocycles.